The van der Waals surface area contributed by atoms with Gasteiger partial charge in [0.1, 0.15) is 0 Å². The number of fused-ring (bicyclic) bond motifs is 6. The van der Waals surface area contributed by atoms with Crippen molar-refractivity contribution in [3.05, 3.63) is 101 Å². The molecule has 4 aliphatic rings. The number of aromatic nitrogens is 1. The van der Waals surface area contributed by atoms with Crippen molar-refractivity contribution in [3.8, 4) is 0 Å². The molecular weight excluding hydrogens is 574 g/mol. The van der Waals surface area contributed by atoms with E-state index in [9.17, 15) is 9.59 Å². The predicted octanol–water partition coefficient (Wildman–Crippen LogP) is 5.09. The molecule has 3 unspecified atom stereocenters. The second kappa shape index (κ2) is 8.12. The molecule has 0 bridgehead atoms. The topological polar surface area (TPSA) is 48.3 Å². The third-order valence-corrected chi connectivity index (χ3v) is 11.8. The van der Waals surface area contributed by atoms with E-state index in [0.29, 0.717) is 12.0 Å². The summed E-state index contributed by atoms with van der Waals surface area (Å²) in [7, 11) is 0. The molecule has 3 aromatic carbocycles. The summed E-state index contributed by atoms with van der Waals surface area (Å²) in [4.78, 5) is 27.0. The Bertz CT molecular complexity index is 1720. The van der Waals surface area contributed by atoms with Gasteiger partial charge in [-0.15, -0.1) is 0 Å². The van der Waals surface area contributed by atoms with Gasteiger partial charge in [0.05, 0.1) is 0 Å². The first kappa shape index (κ1) is 21.8. The molecule has 0 spiro atoms. The Kier molecular flexibility index (Phi) is 4.78. The second-order valence-electron chi connectivity index (χ2n) is 10.4. The summed E-state index contributed by atoms with van der Waals surface area (Å²) in [5, 5.41) is 2.55. The molecule has 3 heterocycles. The molecule has 5 heteroatoms. The van der Waals surface area contributed by atoms with Gasteiger partial charge in [0, 0.05) is 0 Å². The molecule has 4 nitrogen and oxygen atoms in total. The third-order valence-electron chi connectivity index (χ3n) is 8.46. The Morgan fingerprint density at radius 2 is 1.54 bits per heavy atom. The molecule has 1 fully saturated rings. The van der Waals surface area contributed by atoms with Crippen LogP contribution in [0.4, 0.5) is 0 Å². The van der Waals surface area contributed by atoms with Gasteiger partial charge in [0.25, 0.3) is 0 Å². The average Bonchev–Trinajstić information content (AvgIpc) is 3.27. The Morgan fingerprint density at radius 3 is 2.32 bits per heavy atom. The number of carbonyl (C=O) groups excluding carboxylic acids is 2. The Balaban J connectivity index is 1.16. The van der Waals surface area contributed by atoms with E-state index in [-0.39, 0.29) is 29.6 Å². The molecule has 1 saturated carbocycles. The molecule has 37 heavy (non-hydrogen) atoms. The SMILES string of the molecule is O=C1C2=CC3=C(CC2=[Te]c2ccccc21)OC1CC(n2c4ccccc4c4ccccc42)CCC1C3=O. The van der Waals surface area contributed by atoms with Gasteiger partial charge in [-0.3, -0.25) is 0 Å². The number of Topliss-reactive ketones (excluding diaryl/α,β-unsaturated/α-hetero) is 2. The number of benzene rings is 3. The molecule has 0 amide bonds. The molecule has 2 aliphatic heterocycles. The fourth-order valence-electron chi connectivity index (χ4n) is 6.76. The van der Waals surface area contributed by atoms with E-state index in [1.807, 2.05) is 24.3 Å². The third kappa shape index (κ3) is 3.17. The standard InChI is InChI=1S/C32H24NO3Te/c34-31-21-14-13-18(33-25-10-4-1-7-19(25)20-8-2-5-11-26(20)33)15-27(21)36-28-17-30-24(16-23(28)31)32(35)22-9-3-6-12-29(22)37-30/h1-12,16,18,21,27H,13-15,17H2. The molecule has 1 aromatic heterocycles. The zero-order valence-corrected chi connectivity index (χ0v) is 22.5. The normalized spacial score (nSPS) is 24.6. The quantitative estimate of drug-likeness (QED) is 0.287. The molecule has 1 radical (unpaired) electrons. The number of allylic oxidation sites excluding steroid dienone is 4. The van der Waals surface area contributed by atoms with Crippen LogP contribution in [0.1, 0.15) is 42.1 Å². The number of ketones is 2. The predicted molar refractivity (Wildman–Crippen MR) is 147 cm³/mol. The Labute approximate surface area is 224 Å². The molecule has 0 saturated heterocycles. The van der Waals surface area contributed by atoms with Crippen LogP contribution in [0.15, 0.2) is 95.8 Å². The summed E-state index contributed by atoms with van der Waals surface area (Å²) < 4.78 is 11.6. The minimum atomic E-state index is -0.659. The first-order chi connectivity index (χ1) is 18.2. The van der Waals surface area contributed by atoms with Gasteiger partial charge < -0.3 is 0 Å². The zero-order chi connectivity index (χ0) is 24.7. The monoisotopic (exact) mass is 600 g/mol. The van der Waals surface area contributed by atoms with Crippen LogP contribution in [0.2, 0.25) is 0 Å². The van der Waals surface area contributed by atoms with E-state index in [1.54, 1.807) is 0 Å². The number of rotatable bonds is 1. The summed E-state index contributed by atoms with van der Waals surface area (Å²) in [5.74, 6) is 0.901. The van der Waals surface area contributed by atoms with Crippen LogP contribution in [0.25, 0.3) is 21.8 Å². The van der Waals surface area contributed by atoms with Crippen molar-refractivity contribution in [2.24, 2.45) is 5.92 Å². The summed E-state index contributed by atoms with van der Waals surface area (Å²) in [6.07, 6.45) is 4.92. The van der Waals surface area contributed by atoms with E-state index in [2.05, 4.69) is 59.2 Å². The van der Waals surface area contributed by atoms with E-state index in [4.69, 9.17) is 4.74 Å². The van der Waals surface area contributed by atoms with E-state index >= 15 is 0 Å². The van der Waals surface area contributed by atoms with Gasteiger partial charge >= 0.3 is 225 Å². The van der Waals surface area contributed by atoms with Crippen molar-refractivity contribution in [3.63, 3.8) is 0 Å². The van der Waals surface area contributed by atoms with E-state index in [1.165, 1.54) is 29.0 Å². The summed E-state index contributed by atoms with van der Waals surface area (Å²) in [6.45, 7) is 0. The van der Waals surface area contributed by atoms with Crippen LogP contribution in [0, 0.1) is 5.92 Å². The summed E-state index contributed by atoms with van der Waals surface area (Å²) in [5.41, 5.74) is 4.72. The van der Waals surface area contributed by atoms with Crippen molar-refractivity contribution >= 4 is 61.0 Å². The molecular formula is C32H24NO3Te. The van der Waals surface area contributed by atoms with E-state index in [0.717, 1.165) is 36.2 Å². The van der Waals surface area contributed by atoms with Crippen LogP contribution in [0.3, 0.4) is 0 Å². The van der Waals surface area contributed by atoms with Crippen molar-refractivity contribution in [1.82, 2.24) is 4.57 Å². The number of carbonyl (C=O) groups is 2. The first-order valence-corrected chi connectivity index (χ1v) is 15.3. The maximum absolute atomic E-state index is 13.7. The van der Waals surface area contributed by atoms with Crippen molar-refractivity contribution in [2.45, 2.75) is 37.8 Å². The fourth-order valence-corrected chi connectivity index (χ4v) is 10.0. The van der Waals surface area contributed by atoms with Crippen molar-refractivity contribution in [1.29, 1.82) is 0 Å². The summed E-state index contributed by atoms with van der Waals surface area (Å²) in [6, 6.07) is 25.5. The molecule has 8 rings (SSSR count). The number of hydrogen-bond acceptors (Lipinski definition) is 3. The zero-order valence-electron chi connectivity index (χ0n) is 20.1. The number of hydrogen-bond donors (Lipinski definition) is 0. The van der Waals surface area contributed by atoms with Gasteiger partial charge in [0.15, 0.2) is 0 Å². The van der Waals surface area contributed by atoms with Crippen molar-refractivity contribution < 1.29 is 14.3 Å². The maximum atomic E-state index is 13.7. The van der Waals surface area contributed by atoms with Gasteiger partial charge in [-0.05, 0) is 0 Å². The molecule has 3 atom stereocenters. The second-order valence-corrected chi connectivity index (χ2v) is 13.7. The van der Waals surface area contributed by atoms with Crippen LogP contribution in [0.5, 0.6) is 0 Å². The van der Waals surface area contributed by atoms with Gasteiger partial charge in [-0.1, -0.05) is 0 Å². The number of para-hydroxylation sites is 2. The Hall–Kier alpha value is -3.26. The van der Waals surface area contributed by atoms with Crippen molar-refractivity contribution in [2.75, 3.05) is 0 Å². The van der Waals surface area contributed by atoms with Crippen LogP contribution in [-0.2, 0) is 9.53 Å². The number of ether oxygens (including phenoxy) is 1. The minimum absolute atomic E-state index is 0.0681. The summed E-state index contributed by atoms with van der Waals surface area (Å²) >= 11 is -0.659. The fraction of sp³-hybridized carbons (Fsp3) is 0.219. The number of nitrogens with zero attached hydrogens (tertiary/aromatic N) is 1. The average molecular weight is 598 g/mol. The molecule has 0 N–H and O–H groups in total. The van der Waals surface area contributed by atoms with E-state index < -0.39 is 20.5 Å². The molecule has 4 aromatic rings. The molecule has 181 valence electrons. The van der Waals surface area contributed by atoms with Gasteiger partial charge in [0.2, 0.25) is 0 Å². The molecule has 2 aliphatic carbocycles. The van der Waals surface area contributed by atoms with Crippen LogP contribution in [-0.4, -0.2) is 46.2 Å². The van der Waals surface area contributed by atoms with Gasteiger partial charge in [-0.2, -0.15) is 0 Å². The van der Waals surface area contributed by atoms with Crippen LogP contribution >= 0.6 is 0 Å². The Morgan fingerprint density at radius 1 is 0.838 bits per heavy atom. The van der Waals surface area contributed by atoms with Gasteiger partial charge in [-0.25, -0.2) is 0 Å². The first-order valence-electron chi connectivity index (χ1n) is 13.0. The van der Waals surface area contributed by atoms with Crippen LogP contribution < -0.4 is 3.61 Å².